The normalized spacial score (nSPS) is 12.3. The zero-order valence-corrected chi connectivity index (χ0v) is 9.07. The lowest BCUT2D eigenvalue weighted by Crippen LogP contribution is -2.21. The van der Waals surface area contributed by atoms with Crippen molar-refractivity contribution in [1.82, 2.24) is 0 Å². The van der Waals surface area contributed by atoms with Crippen LogP contribution in [0.5, 0.6) is 5.75 Å². The zero-order chi connectivity index (χ0) is 11.6. The summed E-state index contributed by atoms with van der Waals surface area (Å²) in [4.78, 5) is 10.8. The highest BCUT2D eigenvalue weighted by atomic mass is 16.5. The second-order valence-electron chi connectivity index (χ2n) is 3.45. The number of nitrogens with two attached hydrogens (primary N) is 1. The lowest BCUT2D eigenvalue weighted by molar-refractivity contribution is -0.138. The van der Waals surface area contributed by atoms with E-state index >= 15 is 0 Å². The molecular formula is C11H15NO3. The summed E-state index contributed by atoms with van der Waals surface area (Å²) in [6.45, 7) is 3.82. The summed E-state index contributed by atoms with van der Waals surface area (Å²) in [6.07, 6.45) is 0. The van der Waals surface area contributed by atoms with Gasteiger partial charge in [0, 0.05) is 5.56 Å². The second-order valence-corrected chi connectivity index (χ2v) is 3.45. The number of ether oxygens (including phenoxy) is 1. The maximum Gasteiger partial charge on any atom is 0.325 e. The van der Waals surface area contributed by atoms with Gasteiger partial charge in [-0.15, -0.1) is 0 Å². The summed E-state index contributed by atoms with van der Waals surface area (Å²) in [5.74, 6) is -0.499. The smallest absolute Gasteiger partial charge is 0.325 e. The number of hydrogen-bond acceptors (Lipinski definition) is 3. The fourth-order valence-corrected chi connectivity index (χ4v) is 1.46. The van der Waals surface area contributed by atoms with Crippen molar-refractivity contribution in [2.45, 2.75) is 19.9 Å². The standard InChI is InChI=1S/C11H15NO3/c1-6-4-5-8(9(12)11(13)14)10(15-3)7(6)2/h4-5,9H,12H2,1-3H3,(H,13,14). The lowest BCUT2D eigenvalue weighted by atomic mass is 9.99. The lowest BCUT2D eigenvalue weighted by Gasteiger charge is -2.15. The van der Waals surface area contributed by atoms with Crippen molar-refractivity contribution < 1.29 is 14.6 Å². The molecule has 0 spiro atoms. The Hall–Kier alpha value is -1.55. The van der Waals surface area contributed by atoms with Crippen molar-refractivity contribution in [3.05, 3.63) is 28.8 Å². The number of carbonyl (C=O) groups is 1. The monoisotopic (exact) mass is 209 g/mol. The third kappa shape index (κ3) is 2.10. The zero-order valence-electron chi connectivity index (χ0n) is 9.07. The molecule has 0 aliphatic rings. The fourth-order valence-electron chi connectivity index (χ4n) is 1.46. The Morgan fingerprint density at radius 3 is 2.53 bits per heavy atom. The van der Waals surface area contributed by atoms with Gasteiger partial charge in [0.25, 0.3) is 0 Å². The molecule has 0 saturated carbocycles. The maximum absolute atomic E-state index is 10.8. The van der Waals surface area contributed by atoms with Gasteiger partial charge in [-0.1, -0.05) is 12.1 Å². The summed E-state index contributed by atoms with van der Waals surface area (Å²) < 4.78 is 5.18. The van der Waals surface area contributed by atoms with Crippen LogP contribution in [0.1, 0.15) is 22.7 Å². The van der Waals surface area contributed by atoms with Crippen LogP contribution in [0.3, 0.4) is 0 Å². The van der Waals surface area contributed by atoms with E-state index in [4.69, 9.17) is 15.6 Å². The maximum atomic E-state index is 10.8. The van der Waals surface area contributed by atoms with Gasteiger partial charge in [-0.2, -0.15) is 0 Å². The molecule has 0 amide bonds. The van der Waals surface area contributed by atoms with E-state index in [2.05, 4.69) is 0 Å². The molecule has 0 saturated heterocycles. The number of rotatable bonds is 3. The van der Waals surface area contributed by atoms with Crippen LogP contribution in [-0.2, 0) is 4.79 Å². The van der Waals surface area contributed by atoms with Crippen molar-refractivity contribution in [2.75, 3.05) is 7.11 Å². The van der Waals surface area contributed by atoms with Gasteiger partial charge in [0.1, 0.15) is 11.8 Å². The van der Waals surface area contributed by atoms with Crippen LogP contribution in [0, 0.1) is 13.8 Å². The first-order valence-corrected chi connectivity index (χ1v) is 4.61. The highest BCUT2D eigenvalue weighted by molar-refractivity contribution is 5.76. The quantitative estimate of drug-likeness (QED) is 0.789. The number of hydrogen-bond donors (Lipinski definition) is 2. The Labute approximate surface area is 88.7 Å². The first-order chi connectivity index (χ1) is 6.99. The van der Waals surface area contributed by atoms with Crippen molar-refractivity contribution in [3.8, 4) is 5.75 Å². The molecular weight excluding hydrogens is 194 g/mol. The van der Waals surface area contributed by atoms with Gasteiger partial charge in [-0.05, 0) is 25.0 Å². The molecule has 1 aromatic carbocycles. The summed E-state index contributed by atoms with van der Waals surface area (Å²) in [7, 11) is 1.51. The van der Waals surface area contributed by atoms with E-state index in [-0.39, 0.29) is 0 Å². The molecule has 1 atom stereocenters. The van der Waals surface area contributed by atoms with Crippen molar-refractivity contribution in [1.29, 1.82) is 0 Å². The Bertz CT molecular complexity index is 388. The minimum Gasteiger partial charge on any atom is -0.496 e. The molecule has 15 heavy (non-hydrogen) atoms. The average molecular weight is 209 g/mol. The molecule has 0 aromatic heterocycles. The summed E-state index contributed by atoms with van der Waals surface area (Å²) in [5.41, 5.74) is 8.03. The van der Waals surface area contributed by atoms with E-state index in [0.29, 0.717) is 11.3 Å². The van der Waals surface area contributed by atoms with Gasteiger partial charge in [-0.3, -0.25) is 4.79 Å². The highest BCUT2D eigenvalue weighted by Crippen LogP contribution is 2.29. The molecule has 4 heteroatoms. The molecule has 1 aromatic rings. The molecule has 0 fully saturated rings. The Morgan fingerprint density at radius 1 is 1.47 bits per heavy atom. The highest BCUT2D eigenvalue weighted by Gasteiger charge is 2.20. The first-order valence-electron chi connectivity index (χ1n) is 4.61. The van der Waals surface area contributed by atoms with Crippen LogP contribution in [0.2, 0.25) is 0 Å². The summed E-state index contributed by atoms with van der Waals surface area (Å²) in [6, 6.07) is 2.50. The SMILES string of the molecule is COc1c(C(N)C(=O)O)ccc(C)c1C. The molecule has 3 N–H and O–H groups in total. The Kier molecular flexibility index (Phi) is 3.31. The summed E-state index contributed by atoms with van der Waals surface area (Å²) in [5, 5.41) is 8.84. The van der Waals surface area contributed by atoms with Crippen LogP contribution in [0.4, 0.5) is 0 Å². The minimum atomic E-state index is -1.06. The average Bonchev–Trinajstić information content (AvgIpc) is 2.20. The fraction of sp³-hybridized carbons (Fsp3) is 0.364. The van der Waals surface area contributed by atoms with Crippen LogP contribution in [0.25, 0.3) is 0 Å². The van der Waals surface area contributed by atoms with Gasteiger partial charge in [-0.25, -0.2) is 0 Å². The minimum absolute atomic E-state index is 0.508. The van der Waals surface area contributed by atoms with E-state index in [0.717, 1.165) is 11.1 Å². The van der Waals surface area contributed by atoms with E-state index < -0.39 is 12.0 Å². The molecule has 0 radical (unpaired) electrons. The van der Waals surface area contributed by atoms with Crippen LogP contribution >= 0.6 is 0 Å². The predicted octanol–water partition coefficient (Wildman–Crippen LogP) is 1.40. The number of aliphatic carboxylic acids is 1. The predicted molar refractivity (Wildman–Crippen MR) is 57.0 cm³/mol. The van der Waals surface area contributed by atoms with Crippen molar-refractivity contribution in [2.24, 2.45) is 5.73 Å². The topological polar surface area (TPSA) is 72.5 Å². The molecule has 0 aliphatic carbocycles. The van der Waals surface area contributed by atoms with E-state index in [1.54, 1.807) is 6.07 Å². The van der Waals surface area contributed by atoms with Crippen molar-refractivity contribution >= 4 is 5.97 Å². The third-order valence-corrected chi connectivity index (χ3v) is 2.51. The number of methoxy groups -OCH3 is 1. The van der Waals surface area contributed by atoms with Crippen LogP contribution < -0.4 is 10.5 Å². The molecule has 1 rings (SSSR count). The molecule has 82 valence electrons. The van der Waals surface area contributed by atoms with Gasteiger partial charge >= 0.3 is 5.97 Å². The second kappa shape index (κ2) is 4.31. The van der Waals surface area contributed by atoms with Crippen molar-refractivity contribution in [3.63, 3.8) is 0 Å². The third-order valence-electron chi connectivity index (χ3n) is 2.51. The number of benzene rings is 1. The van der Waals surface area contributed by atoms with Gasteiger partial charge < -0.3 is 15.6 Å². The molecule has 4 nitrogen and oxygen atoms in total. The van der Waals surface area contributed by atoms with E-state index in [1.165, 1.54) is 7.11 Å². The molecule has 0 bridgehead atoms. The van der Waals surface area contributed by atoms with Crippen LogP contribution in [-0.4, -0.2) is 18.2 Å². The number of carboxylic acids is 1. The number of aryl methyl sites for hydroxylation is 1. The molecule has 0 heterocycles. The number of carboxylic acid groups (broad SMARTS) is 1. The first kappa shape index (κ1) is 11.5. The van der Waals surface area contributed by atoms with Gasteiger partial charge in [0.05, 0.1) is 7.11 Å². The van der Waals surface area contributed by atoms with Gasteiger partial charge in [0.2, 0.25) is 0 Å². The van der Waals surface area contributed by atoms with Crippen LogP contribution in [0.15, 0.2) is 12.1 Å². The van der Waals surface area contributed by atoms with E-state index in [1.807, 2.05) is 19.9 Å². The Morgan fingerprint density at radius 2 is 2.07 bits per heavy atom. The molecule has 1 unspecified atom stereocenters. The summed E-state index contributed by atoms with van der Waals surface area (Å²) >= 11 is 0. The largest absolute Gasteiger partial charge is 0.496 e. The van der Waals surface area contributed by atoms with Gasteiger partial charge in [0.15, 0.2) is 0 Å². The molecule has 0 aliphatic heterocycles. The Balaban J connectivity index is 3.30. The van der Waals surface area contributed by atoms with E-state index in [9.17, 15) is 4.79 Å².